The molecule has 2 amide bonds. The number of allylic oxidation sites excluding steroid dienone is 4. The van der Waals surface area contributed by atoms with Gasteiger partial charge in [0.15, 0.2) is 0 Å². The van der Waals surface area contributed by atoms with Crippen LogP contribution in [-0.2, 0) is 20.4 Å². The molecule has 1 aliphatic heterocycles. The molecule has 0 aromatic heterocycles. The number of carbonyl (C=O) groups is 2. The molecule has 50 heavy (non-hydrogen) atoms. The predicted molar refractivity (Wildman–Crippen MR) is 219 cm³/mol. The fourth-order valence-corrected chi connectivity index (χ4v) is 26.3. The van der Waals surface area contributed by atoms with Gasteiger partial charge in [-0.1, -0.05) is 0 Å². The van der Waals surface area contributed by atoms with E-state index in [9.17, 15) is 4.79 Å². The molecule has 0 bridgehead atoms. The Morgan fingerprint density at radius 3 is 1.96 bits per heavy atom. The first-order valence-electron chi connectivity index (χ1n) is 20.2. The fraction of sp³-hybridized carbons (Fsp3) is 0.674. The van der Waals surface area contributed by atoms with Gasteiger partial charge in [0, 0.05) is 0 Å². The first-order valence-corrected chi connectivity index (χ1v) is 30.2. The van der Waals surface area contributed by atoms with Crippen LogP contribution in [0.2, 0.25) is 31.4 Å². The first kappa shape index (κ1) is 44.5. The van der Waals surface area contributed by atoms with E-state index in [1.165, 1.54) is 67.9 Å². The molecule has 0 radical (unpaired) electrons. The van der Waals surface area contributed by atoms with E-state index in [1.54, 1.807) is 3.59 Å². The van der Waals surface area contributed by atoms with Crippen molar-refractivity contribution in [3.8, 4) is 0 Å². The van der Waals surface area contributed by atoms with Crippen LogP contribution in [0, 0.1) is 5.92 Å². The maximum absolute atomic E-state index is 15.1. The van der Waals surface area contributed by atoms with Crippen LogP contribution in [0.5, 0.6) is 0 Å². The van der Waals surface area contributed by atoms with Crippen molar-refractivity contribution in [3.63, 3.8) is 0 Å². The van der Waals surface area contributed by atoms with Gasteiger partial charge in [-0.15, -0.1) is 0 Å². The molecule has 0 unspecified atom stereocenters. The van der Waals surface area contributed by atoms with Gasteiger partial charge in [-0.05, 0) is 0 Å². The molecule has 1 fully saturated rings. The summed E-state index contributed by atoms with van der Waals surface area (Å²) in [5.74, 6) is -0.767. The molecular weight excluding hydrogens is 741 g/mol. The Morgan fingerprint density at radius 2 is 1.46 bits per heavy atom. The molecule has 0 N–H and O–H groups in total. The van der Waals surface area contributed by atoms with Crippen molar-refractivity contribution in [2.24, 2.45) is 5.92 Å². The Hall–Kier alpha value is -1.64. The second kappa shape index (κ2) is 23.1. The van der Waals surface area contributed by atoms with Gasteiger partial charge in [0.1, 0.15) is 0 Å². The van der Waals surface area contributed by atoms with Gasteiger partial charge in [-0.3, -0.25) is 0 Å². The molecular formula is C43H73NO4SiSn. The van der Waals surface area contributed by atoms with Crippen molar-refractivity contribution >= 4 is 38.7 Å². The third kappa shape index (κ3) is 13.4. The number of rotatable bonds is 24. The third-order valence-electron chi connectivity index (χ3n) is 11.3. The number of carbonyl (C=O) groups excluding carboxylic acids is 2. The maximum atomic E-state index is 15.1. The van der Waals surface area contributed by atoms with E-state index >= 15 is 4.79 Å². The summed E-state index contributed by atoms with van der Waals surface area (Å²) >= 11 is -2.83. The van der Waals surface area contributed by atoms with Crippen LogP contribution in [0.1, 0.15) is 126 Å². The number of hydrogen-bond donors (Lipinski definition) is 0. The third-order valence-corrected chi connectivity index (χ3v) is 32.4. The summed E-state index contributed by atoms with van der Waals surface area (Å²) in [5.41, 5.74) is 3.56. The average molecular weight is 815 g/mol. The SMILES string of the molecule is CCC[CH2][Sn]([CH2]CCC)([CH2]CCC)/[C](C)=C\[C@H](O[Si](CC)(CC)CC)[C@H](/C=C(/C)CCC=C(C)C)C(=O)N1C(=O)OC[C@H]1Cc1ccccc1. The predicted octanol–water partition coefficient (Wildman–Crippen LogP) is 12.6. The molecule has 1 heterocycles. The molecule has 282 valence electrons. The van der Waals surface area contributed by atoms with Crippen LogP contribution in [0.3, 0.4) is 0 Å². The van der Waals surface area contributed by atoms with Gasteiger partial charge in [0.05, 0.1) is 0 Å². The number of unbranched alkanes of at least 4 members (excludes halogenated alkanes) is 3. The summed E-state index contributed by atoms with van der Waals surface area (Å²) in [4.78, 5) is 30.0. The number of benzene rings is 1. The molecule has 2 rings (SSSR count). The van der Waals surface area contributed by atoms with Crippen LogP contribution in [0.15, 0.2) is 63.3 Å². The summed E-state index contributed by atoms with van der Waals surface area (Å²) in [6.07, 6.45) is 15.8. The number of imide groups is 1. The Kier molecular flexibility index (Phi) is 20.6. The van der Waals surface area contributed by atoms with Crippen molar-refractivity contribution in [3.05, 3.63) is 68.9 Å². The van der Waals surface area contributed by atoms with Crippen molar-refractivity contribution in [1.82, 2.24) is 4.90 Å². The second-order valence-corrected chi connectivity index (χ2v) is 33.8. The number of amides is 2. The summed E-state index contributed by atoms with van der Waals surface area (Å²) in [5, 5.41) is 0. The molecule has 1 aliphatic rings. The summed E-state index contributed by atoms with van der Waals surface area (Å²) in [6, 6.07) is 12.8. The summed E-state index contributed by atoms with van der Waals surface area (Å²) in [7, 11) is -2.16. The van der Waals surface area contributed by atoms with Crippen molar-refractivity contribution in [1.29, 1.82) is 0 Å². The molecule has 0 spiro atoms. The summed E-state index contributed by atoms with van der Waals surface area (Å²) < 4.78 is 18.8. The molecule has 1 saturated heterocycles. The number of ether oxygens (including phenoxy) is 1. The van der Waals surface area contributed by atoms with Crippen molar-refractivity contribution < 1.29 is 18.8 Å². The fourth-order valence-electron chi connectivity index (χ4n) is 7.65. The Bertz CT molecular complexity index is 1220. The Labute approximate surface area is 312 Å². The molecule has 3 atom stereocenters. The van der Waals surface area contributed by atoms with E-state index in [0.717, 1.165) is 36.5 Å². The standard InChI is InChI=1S/C31H46NO4Si.3C4H9.Sn/c1-8-16-29(36-37(9-2,10-3)11-4)28(21-25(7)18-15-17-24(5)6)30(33)32-27(23-35-31(32)34)22-26-19-13-12-14-20-26;3*1-3-4-2;/h12-14,16-17,19-21,27-29H,9-11,15,18,22-23H2,1-7H3;3*1,3-4H2,2H3;/b16-8?,25-21-;;;;/t27-,28+,29+;;;;/m1..../s1. The van der Waals surface area contributed by atoms with Gasteiger partial charge in [-0.25, -0.2) is 0 Å². The Balaban J connectivity index is 2.82. The van der Waals surface area contributed by atoms with Gasteiger partial charge in [0.2, 0.25) is 0 Å². The molecule has 1 aromatic carbocycles. The zero-order valence-electron chi connectivity index (χ0n) is 33.7. The van der Waals surface area contributed by atoms with E-state index < -0.39 is 44.8 Å². The zero-order valence-corrected chi connectivity index (χ0v) is 37.6. The van der Waals surface area contributed by atoms with E-state index in [0.29, 0.717) is 6.42 Å². The van der Waals surface area contributed by atoms with Crippen LogP contribution < -0.4 is 0 Å². The van der Waals surface area contributed by atoms with Gasteiger partial charge in [0.25, 0.3) is 0 Å². The molecule has 7 heteroatoms. The van der Waals surface area contributed by atoms with Gasteiger partial charge >= 0.3 is 314 Å². The van der Waals surface area contributed by atoms with E-state index in [1.807, 2.05) is 18.2 Å². The van der Waals surface area contributed by atoms with Crippen LogP contribution in [-0.4, -0.2) is 62.3 Å². The van der Waals surface area contributed by atoms with Crippen LogP contribution in [0.25, 0.3) is 0 Å². The topological polar surface area (TPSA) is 55.8 Å². The zero-order chi connectivity index (χ0) is 37.2. The number of hydrogen-bond acceptors (Lipinski definition) is 4. The number of cyclic esters (lactones) is 1. The first-order chi connectivity index (χ1) is 23.9. The average Bonchev–Trinajstić information content (AvgIpc) is 3.47. The quantitative estimate of drug-likeness (QED) is 0.0770. The van der Waals surface area contributed by atoms with Crippen molar-refractivity contribution in [2.45, 2.75) is 171 Å². The van der Waals surface area contributed by atoms with Crippen LogP contribution in [0.4, 0.5) is 4.79 Å². The summed E-state index contributed by atoms with van der Waals surface area (Å²) in [6.45, 7) is 22.8. The normalized spacial score (nSPS) is 17.1. The van der Waals surface area contributed by atoms with Gasteiger partial charge < -0.3 is 0 Å². The molecule has 5 nitrogen and oxygen atoms in total. The molecule has 0 saturated carbocycles. The minimum absolute atomic E-state index is 0.174. The number of nitrogens with zero attached hydrogens (tertiary/aromatic N) is 1. The van der Waals surface area contributed by atoms with Gasteiger partial charge in [-0.2, -0.15) is 0 Å². The van der Waals surface area contributed by atoms with Crippen molar-refractivity contribution in [2.75, 3.05) is 6.61 Å². The van der Waals surface area contributed by atoms with E-state index in [4.69, 9.17) is 9.16 Å². The molecule has 1 aromatic rings. The van der Waals surface area contributed by atoms with E-state index in [2.05, 4.69) is 99.6 Å². The second-order valence-electron chi connectivity index (χ2n) is 15.3. The minimum atomic E-state index is -2.83. The van der Waals surface area contributed by atoms with E-state index in [-0.39, 0.29) is 18.6 Å². The molecule has 0 aliphatic carbocycles. The monoisotopic (exact) mass is 815 g/mol. The Morgan fingerprint density at radius 1 is 0.900 bits per heavy atom. The van der Waals surface area contributed by atoms with Crippen LogP contribution >= 0.6 is 0 Å².